The van der Waals surface area contributed by atoms with Gasteiger partial charge >= 0.3 is 0 Å². The van der Waals surface area contributed by atoms with Crippen molar-refractivity contribution in [3.05, 3.63) is 41.9 Å². The highest BCUT2D eigenvalue weighted by Gasteiger charge is 2.45. The molecule has 0 aliphatic carbocycles. The lowest BCUT2D eigenvalue weighted by Gasteiger charge is -2.39. The fourth-order valence-electron chi connectivity index (χ4n) is 2.80. The second-order valence-corrected chi connectivity index (χ2v) is 5.99. The van der Waals surface area contributed by atoms with Crippen LogP contribution in [0.5, 0.6) is 11.5 Å². The smallest absolute Gasteiger partial charge is 0.229 e. The van der Waals surface area contributed by atoms with Crippen LogP contribution in [-0.2, 0) is 4.74 Å². The Balaban J connectivity index is 1.87. The first-order chi connectivity index (χ1) is 11.8. The SMILES string of the molecule is C=C1C=C(C)c2cc(F)c(O[C@H]3O[C@H](CO)[C@@H](O)[C@H](O)[C@H]3O)cc2O1. The van der Waals surface area contributed by atoms with E-state index in [0.717, 1.165) is 5.57 Å². The first kappa shape index (κ1) is 17.8. The van der Waals surface area contributed by atoms with Gasteiger partial charge in [-0.25, -0.2) is 4.39 Å². The Morgan fingerprint density at radius 2 is 1.92 bits per heavy atom. The molecular formula is C17H19FO7. The molecule has 0 amide bonds. The van der Waals surface area contributed by atoms with Gasteiger partial charge in [0.1, 0.15) is 35.9 Å². The zero-order valence-corrected chi connectivity index (χ0v) is 13.4. The fraction of sp³-hybridized carbons (Fsp3) is 0.412. The molecule has 0 radical (unpaired) electrons. The van der Waals surface area contributed by atoms with Crippen molar-refractivity contribution in [2.24, 2.45) is 0 Å². The monoisotopic (exact) mass is 354 g/mol. The van der Waals surface area contributed by atoms with Gasteiger partial charge in [-0.1, -0.05) is 6.58 Å². The highest BCUT2D eigenvalue weighted by atomic mass is 19.1. The van der Waals surface area contributed by atoms with E-state index in [-0.39, 0.29) is 5.75 Å². The lowest BCUT2D eigenvalue weighted by atomic mass is 9.99. The molecule has 2 aliphatic rings. The summed E-state index contributed by atoms with van der Waals surface area (Å²) in [5, 5.41) is 38.7. The molecule has 5 atom stereocenters. The normalized spacial score (nSPS) is 31.8. The zero-order chi connectivity index (χ0) is 18.3. The molecular weight excluding hydrogens is 335 g/mol. The predicted octanol–water partition coefficient (Wildman–Crippen LogP) is 0.314. The van der Waals surface area contributed by atoms with E-state index >= 15 is 0 Å². The Labute approximate surface area is 143 Å². The van der Waals surface area contributed by atoms with Crippen LogP contribution in [-0.4, -0.2) is 57.7 Å². The summed E-state index contributed by atoms with van der Waals surface area (Å²) in [5.74, 6) is -0.286. The Morgan fingerprint density at radius 3 is 2.60 bits per heavy atom. The molecule has 0 aromatic heterocycles. The summed E-state index contributed by atoms with van der Waals surface area (Å²) in [6.07, 6.45) is -5.73. The third-order valence-corrected chi connectivity index (χ3v) is 4.17. The van der Waals surface area contributed by atoms with Crippen LogP contribution in [0.4, 0.5) is 4.39 Å². The third kappa shape index (κ3) is 3.26. The maximum absolute atomic E-state index is 14.4. The molecule has 136 valence electrons. The Bertz CT molecular complexity index is 715. The summed E-state index contributed by atoms with van der Waals surface area (Å²) in [7, 11) is 0. The van der Waals surface area contributed by atoms with Gasteiger partial charge in [0.05, 0.1) is 6.61 Å². The molecule has 0 unspecified atom stereocenters. The molecule has 2 heterocycles. The van der Waals surface area contributed by atoms with Crippen molar-refractivity contribution in [3.63, 3.8) is 0 Å². The van der Waals surface area contributed by atoms with Gasteiger partial charge in [-0.2, -0.15) is 0 Å². The topological polar surface area (TPSA) is 109 Å². The highest BCUT2D eigenvalue weighted by Crippen LogP contribution is 2.38. The van der Waals surface area contributed by atoms with Crippen molar-refractivity contribution in [2.45, 2.75) is 37.6 Å². The second-order valence-electron chi connectivity index (χ2n) is 5.99. The summed E-state index contributed by atoms with van der Waals surface area (Å²) in [6, 6.07) is 2.50. The van der Waals surface area contributed by atoms with Crippen molar-refractivity contribution in [2.75, 3.05) is 6.61 Å². The van der Waals surface area contributed by atoms with Crippen LogP contribution >= 0.6 is 0 Å². The molecule has 3 rings (SSSR count). The van der Waals surface area contributed by atoms with Crippen molar-refractivity contribution in [1.82, 2.24) is 0 Å². The Hall–Kier alpha value is -1.97. The minimum atomic E-state index is -1.63. The van der Waals surface area contributed by atoms with E-state index in [1.54, 1.807) is 13.0 Å². The number of fused-ring (bicyclic) bond motifs is 1. The van der Waals surface area contributed by atoms with E-state index in [2.05, 4.69) is 6.58 Å². The van der Waals surface area contributed by atoms with Gasteiger partial charge < -0.3 is 34.6 Å². The zero-order valence-electron chi connectivity index (χ0n) is 13.4. The molecule has 7 nitrogen and oxygen atoms in total. The highest BCUT2D eigenvalue weighted by molar-refractivity contribution is 5.74. The van der Waals surface area contributed by atoms with Crippen LogP contribution in [0.1, 0.15) is 12.5 Å². The number of hydrogen-bond acceptors (Lipinski definition) is 7. The molecule has 1 aromatic rings. The van der Waals surface area contributed by atoms with Gasteiger partial charge in [0.15, 0.2) is 11.6 Å². The average molecular weight is 354 g/mol. The predicted molar refractivity (Wildman–Crippen MR) is 84.2 cm³/mol. The Kier molecular flexibility index (Phi) is 4.81. The van der Waals surface area contributed by atoms with Crippen molar-refractivity contribution < 1.29 is 39.0 Å². The summed E-state index contributed by atoms with van der Waals surface area (Å²) in [6.45, 7) is 4.87. The molecule has 0 bridgehead atoms. The number of halogens is 1. The molecule has 1 saturated heterocycles. The van der Waals surface area contributed by atoms with Gasteiger partial charge in [-0.15, -0.1) is 0 Å². The van der Waals surface area contributed by atoms with Gasteiger partial charge in [0, 0.05) is 11.6 Å². The average Bonchev–Trinajstić information content (AvgIpc) is 2.56. The maximum Gasteiger partial charge on any atom is 0.229 e. The third-order valence-electron chi connectivity index (χ3n) is 4.17. The summed E-state index contributed by atoms with van der Waals surface area (Å²) >= 11 is 0. The number of rotatable bonds is 3. The standard InChI is InChI=1S/C17H19FO7/c1-7-3-8(2)23-11-5-12(10(18)4-9(7)11)24-17-16(22)15(21)14(20)13(6-19)25-17/h3-5,13-17,19-22H,2,6H2,1H3/t13-,14-,15+,16-,17+/m1/s1. The molecule has 0 saturated carbocycles. The minimum Gasteiger partial charge on any atom is -0.459 e. The van der Waals surface area contributed by atoms with Crippen LogP contribution in [0, 0.1) is 5.82 Å². The molecule has 1 aromatic carbocycles. The van der Waals surface area contributed by atoms with E-state index in [0.29, 0.717) is 17.1 Å². The van der Waals surface area contributed by atoms with Crippen molar-refractivity contribution in [1.29, 1.82) is 0 Å². The maximum atomic E-state index is 14.4. The lowest BCUT2D eigenvalue weighted by Crippen LogP contribution is -2.60. The number of aliphatic hydroxyl groups is 4. The second kappa shape index (κ2) is 6.74. The van der Waals surface area contributed by atoms with Crippen molar-refractivity contribution in [3.8, 4) is 11.5 Å². The van der Waals surface area contributed by atoms with Gasteiger partial charge in [-0.3, -0.25) is 0 Å². The molecule has 0 spiro atoms. The largest absolute Gasteiger partial charge is 0.459 e. The first-order valence-electron chi connectivity index (χ1n) is 7.68. The molecule has 1 fully saturated rings. The van der Waals surface area contributed by atoms with Crippen LogP contribution in [0.15, 0.2) is 30.5 Å². The van der Waals surface area contributed by atoms with E-state index < -0.39 is 43.1 Å². The van der Waals surface area contributed by atoms with Gasteiger partial charge in [-0.05, 0) is 24.6 Å². The number of ether oxygens (including phenoxy) is 3. The van der Waals surface area contributed by atoms with Crippen molar-refractivity contribution >= 4 is 5.57 Å². The Morgan fingerprint density at radius 1 is 1.20 bits per heavy atom. The number of benzene rings is 1. The summed E-state index contributed by atoms with van der Waals surface area (Å²) in [4.78, 5) is 0. The van der Waals surface area contributed by atoms with E-state index in [4.69, 9.17) is 14.2 Å². The molecule has 4 N–H and O–H groups in total. The lowest BCUT2D eigenvalue weighted by molar-refractivity contribution is -0.277. The van der Waals surface area contributed by atoms with Crippen LogP contribution in [0.3, 0.4) is 0 Å². The molecule has 25 heavy (non-hydrogen) atoms. The molecule has 8 heteroatoms. The van der Waals surface area contributed by atoms with E-state index in [9.17, 15) is 24.8 Å². The van der Waals surface area contributed by atoms with Gasteiger partial charge in [0.25, 0.3) is 0 Å². The fourth-order valence-corrected chi connectivity index (χ4v) is 2.80. The summed E-state index contributed by atoms with van der Waals surface area (Å²) in [5.41, 5.74) is 1.30. The van der Waals surface area contributed by atoms with Crippen LogP contribution < -0.4 is 9.47 Å². The first-order valence-corrected chi connectivity index (χ1v) is 7.68. The van der Waals surface area contributed by atoms with Gasteiger partial charge in [0.2, 0.25) is 6.29 Å². The number of allylic oxidation sites excluding steroid dienone is 2. The minimum absolute atomic E-state index is 0.273. The number of hydrogen-bond donors (Lipinski definition) is 4. The van der Waals surface area contributed by atoms with Crippen LogP contribution in [0.2, 0.25) is 0 Å². The molecule has 2 aliphatic heterocycles. The number of aliphatic hydroxyl groups excluding tert-OH is 4. The van der Waals surface area contributed by atoms with E-state index in [1.165, 1.54) is 12.1 Å². The quantitative estimate of drug-likeness (QED) is 0.619. The van der Waals surface area contributed by atoms with E-state index in [1.807, 2.05) is 0 Å². The summed E-state index contributed by atoms with van der Waals surface area (Å²) < 4.78 is 30.3. The van der Waals surface area contributed by atoms with Crippen LogP contribution in [0.25, 0.3) is 5.57 Å².